The van der Waals surface area contributed by atoms with E-state index in [1.54, 1.807) is 6.92 Å². The number of aliphatic carboxylic acids is 5. The quantitative estimate of drug-likeness (QED) is 0.0324. The molecular weight excluding hydrogens is 1170 g/mol. The number of nitrogens with two attached hydrogens (primary N) is 1. The largest absolute Gasteiger partial charge is 0.481 e. The predicted octanol–water partition coefficient (Wildman–Crippen LogP) is -1.04. The van der Waals surface area contributed by atoms with Gasteiger partial charge in [-0.25, -0.2) is 4.79 Å². The standard InChI is InChI=1S/C56H87N9O23/c1-30(2)24-39(41(67)25-31(3)50(81)58-5)64-54(85)40-9-7-22-65(40)55(86)38(8-6-20-60-56(57)87)61-44(70)29-88-23-21-59-51(82)34(11-16-46(73)74)27-42(68)36(13-18-48(77)78)63-53(84)35(12-17-47(75)76)28-43(69)37(14-19-49(79)80)62-52(83)33(26-32(4)66)10-15-45(71)72/h30-31,33-40H,6-29H2,1-5H3,(H,58,81)(H,59,82)(H,61,70)(H,62,83)(H,63,84)(H,64,85)(H,71,72)(H,73,74)(H,75,76)(H,77,78)(H,79,80)(H3,57,60,87)/t31-,33+,34+,35+,36-,37-,38+,39+,40+/m1/s1. The molecule has 0 spiro atoms. The Balaban J connectivity index is 3.28. The third-order valence-corrected chi connectivity index (χ3v) is 14.2. The van der Waals surface area contributed by atoms with Crippen LogP contribution in [0, 0.1) is 29.6 Å². The first kappa shape index (κ1) is 77.6. The molecule has 1 saturated heterocycles. The molecule has 0 radical (unpaired) electrons. The first-order valence-electron chi connectivity index (χ1n) is 29.0. The summed E-state index contributed by atoms with van der Waals surface area (Å²) < 4.78 is 5.44. The van der Waals surface area contributed by atoms with Crippen LogP contribution in [0.3, 0.4) is 0 Å². The Kier molecular flexibility index (Phi) is 36.0. The average Bonchev–Trinajstić information content (AvgIpc) is 3.98. The normalized spacial score (nSPS) is 15.5. The number of urea groups is 1. The van der Waals surface area contributed by atoms with E-state index in [0.717, 1.165) is 6.92 Å². The van der Waals surface area contributed by atoms with Crippen LogP contribution in [0.25, 0.3) is 0 Å². The highest BCUT2D eigenvalue weighted by Gasteiger charge is 2.40. The van der Waals surface area contributed by atoms with Gasteiger partial charge in [-0.3, -0.25) is 71.9 Å². The van der Waals surface area contributed by atoms with Crippen LogP contribution < -0.4 is 43.0 Å². The smallest absolute Gasteiger partial charge is 0.312 e. The minimum Gasteiger partial charge on any atom is -0.481 e. The minimum atomic E-state index is -1.74. The molecule has 32 heteroatoms. The van der Waals surface area contributed by atoms with Crippen LogP contribution in [0.1, 0.15) is 150 Å². The Morgan fingerprint density at radius 2 is 1.00 bits per heavy atom. The van der Waals surface area contributed by atoms with Crippen molar-refractivity contribution in [2.24, 2.45) is 35.3 Å². The fraction of sp³-hybridized carbons (Fsp3) is 0.696. The number of nitrogens with one attached hydrogen (secondary N) is 7. The molecule has 88 heavy (non-hydrogen) atoms. The van der Waals surface area contributed by atoms with Crippen LogP contribution in [0.5, 0.6) is 0 Å². The molecule has 0 saturated carbocycles. The lowest BCUT2D eigenvalue weighted by atomic mass is 9.89. The highest BCUT2D eigenvalue weighted by Crippen LogP contribution is 2.23. The SMILES string of the molecule is CNC(=O)[C@H](C)CC(=O)[C@H](CC(C)C)NC(=O)[C@@H]1CCCN1C(=O)[C@H](CCCNC(N)=O)NC(=O)COCCNC(=O)[C@@H](CCC(=O)O)CC(=O)[C@@H](CCC(=O)O)NC(=O)[C@@H](CCC(=O)O)CC(=O)[C@@H](CCC(=O)O)NC(=O)[C@@H](CCC(=O)O)CC(C)=O. The fourth-order valence-corrected chi connectivity index (χ4v) is 9.59. The second-order valence-corrected chi connectivity index (χ2v) is 22.1. The van der Waals surface area contributed by atoms with Gasteiger partial charge in [-0.15, -0.1) is 0 Å². The first-order chi connectivity index (χ1) is 41.3. The molecule has 0 aromatic rings. The van der Waals surface area contributed by atoms with Gasteiger partial charge < -0.3 is 82.9 Å². The summed E-state index contributed by atoms with van der Waals surface area (Å²) in [6.45, 7) is 5.08. The van der Waals surface area contributed by atoms with Gasteiger partial charge in [0.05, 0.1) is 24.7 Å². The van der Waals surface area contributed by atoms with E-state index in [4.69, 9.17) is 15.6 Å². The molecule has 0 aromatic carbocycles. The van der Waals surface area contributed by atoms with Crippen LogP contribution in [0.4, 0.5) is 4.79 Å². The maximum Gasteiger partial charge on any atom is 0.312 e. The van der Waals surface area contributed by atoms with Gasteiger partial charge in [0, 0.05) is 108 Å². The topological polar surface area (TPSA) is 514 Å². The second-order valence-electron chi connectivity index (χ2n) is 22.1. The minimum absolute atomic E-state index is 0.00665. The lowest BCUT2D eigenvalue weighted by Gasteiger charge is -2.30. The molecule has 14 N–H and O–H groups in total. The number of carboxylic acid groups (broad SMARTS) is 5. The summed E-state index contributed by atoms with van der Waals surface area (Å²) in [5, 5.41) is 64.3. The van der Waals surface area contributed by atoms with Gasteiger partial charge in [0.1, 0.15) is 24.5 Å². The molecule has 9 amide bonds. The van der Waals surface area contributed by atoms with E-state index < -0.39 is 226 Å². The summed E-state index contributed by atoms with van der Waals surface area (Å²) in [6, 6.07) is -7.52. The fourth-order valence-electron chi connectivity index (χ4n) is 9.59. The number of amides is 9. The highest BCUT2D eigenvalue weighted by molar-refractivity contribution is 5.98. The van der Waals surface area contributed by atoms with Gasteiger partial charge in [0.25, 0.3) is 0 Å². The van der Waals surface area contributed by atoms with Gasteiger partial charge in [-0.2, -0.15) is 0 Å². The van der Waals surface area contributed by atoms with Crippen LogP contribution in [-0.4, -0.2) is 201 Å². The lowest BCUT2D eigenvalue weighted by molar-refractivity contribution is -0.142. The summed E-state index contributed by atoms with van der Waals surface area (Å²) in [4.78, 5) is 218. The van der Waals surface area contributed by atoms with E-state index >= 15 is 0 Å². The van der Waals surface area contributed by atoms with E-state index in [-0.39, 0.29) is 82.4 Å². The summed E-state index contributed by atoms with van der Waals surface area (Å²) in [5.41, 5.74) is 5.19. The van der Waals surface area contributed by atoms with Crippen molar-refractivity contribution in [3.05, 3.63) is 0 Å². The molecule has 1 aliphatic rings. The van der Waals surface area contributed by atoms with Gasteiger partial charge >= 0.3 is 35.9 Å². The second kappa shape index (κ2) is 40.8. The molecule has 9 atom stereocenters. The van der Waals surface area contributed by atoms with Crippen LogP contribution >= 0.6 is 0 Å². The lowest BCUT2D eigenvalue weighted by Crippen LogP contribution is -2.56. The first-order valence-corrected chi connectivity index (χ1v) is 29.0. The molecular formula is C56H87N9O23. The molecule has 32 nitrogen and oxygen atoms in total. The van der Waals surface area contributed by atoms with E-state index in [0.29, 0.717) is 6.42 Å². The van der Waals surface area contributed by atoms with Crippen molar-refractivity contribution in [1.29, 1.82) is 0 Å². The van der Waals surface area contributed by atoms with Gasteiger partial charge in [0.15, 0.2) is 17.3 Å². The van der Waals surface area contributed by atoms with Crippen LogP contribution in [0.15, 0.2) is 0 Å². The summed E-state index contributed by atoms with van der Waals surface area (Å²) in [5.74, 6) is -20.5. The monoisotopic (exact) mass is 1250 g/mol. The Hall–Kier alpha value is -8.45. The Bertz CT molecular complexity index is 2510. The van der Waals surface area contributed by atoms with Crippen molar-refractivity contribution >= 4 is 100 Å². The third-order valence-electron chi connectivity index (χ3n) is 14.2. The number of carboxylic acids is 5. The highest BCUT2D eigenvalue weighted by atomic mass is 16.5. The number of primary amides is 1. The number of ether oxygens (including phenoxy) is 1. The number of Topliss-reactive ketones (excluding diaryl/α,β-unsaturated/α-hetero) is 4. The number of hydrogen-bond donors (Lipinski definition) is 13. The zero-order valence-electron chi connectivity index (χ0n) is 50.4. The number of carbonyl (C=O) groups is 17. The maximum atomic E-state index is 14.1. The van der Waals surface area contributed by atoms with Crippen molar-refractivity contribution in [2.45, 2.75) is 180 Å². The zero-order valence-corrected chi connectivity index (χ0v) is 50.4. The van der Waals surface area contributed by atoms with Gasteiger partial charge in [0.2, 0.25) is 41.4 Å². The molecule has 0 bridgehead atoms. The number of rotatable bonds is 47. The van der Waals surface area contributed by atoms with E-state index in [1.165, 1.54) is 11.9 Å². The van der Waals surface area contributed by atoms with Crippen molar-refractivity contribution < 1.29 is 112 Å². The number of carbonyl (C=O) groups excluding carboxylic acids is 12. The summed E-state index contributed by atoms with van der Waals surface area (Å²) in [6.07, 6.45) is -7.38. The third kappa shape index (κ3) is 31.8. The summed E-state index contributed by atoms with van der Waals surface area (Å²) >= 11 is 0. The zero-order chi connectivity index (χ0) is 66.8. The molecule has 1 fully saturated rings. The summed E-state index contributed by atoms with van der Waals surface area (Å²) in [7, 11) is 1.43. The van der Waals surface area contributed by atoms with Gasteiger partial charge in [-0.1, -0.05) is 20.8 Å². The number of likely N-dealkylation sites (tertiary alicyclic amines) is 1. The molecule has 1 heterocycles. The maximum absolute atomic E-state index is 14.1. The van der Waals surface area contributed by atoms with E-state index in [1.807, 2.05) is 13.8 Å². The Morgan fingerprint density at radius 1 is 0.534 bits per heavy atom. The number of hydrogen-bond acceptors (Lipinski definition) is 18. The number of ketones is 4. The van der Waals surface area contributed by atoms with E-state index in [2.05, 4.69) is 37.2 Å². The van der Waals surface area contributed by atoms with Crippen molar-refractivity contribution in [1.82, 2.24) is 42.1 Å². The molecule has 494 valence electrons. The van der Waals surface area contributed by atoms with Crippen molar-refractivity contribution in [3.63, 3.8) is 0 Å². The Morgan fingerprint density at radius 3 is 1.45 bits per heavy atom. The predicted molar refractivity (Wildman–Crippen MR) is 305 cm³/mol. The van der Waals surface area contributed by atoms with Gasteiger partial charge in [-0.05, 0) is 77.0 Å². The molecule has 1 rings (SSSR count). The van der Waals surface area contributed by atoms with Crippen LogP contribution in [0.2, 0.25) is 0 Å². The molecule has 1 aliphatic heterocycles. The number of nitrogens with zero attached hydrogens (tertiary/aromatic N) is 1. The molecule has 0 aromatic heterocycles. The van der Waals surface area contributed by atoms with E-state index in [9.17, 15) is 102 Å². The van der Waals surface area contributed by atoms with Crippen LogP contribution in [-0.2, 0) is 81.4 Å². The average molecular weight is 1250 g/mol. The molecule has 0 aliphatic carbocycles. The van der Waals surface area contributed by atoms with Crippen molar-refractivity contribution in [3.8, 4) is 0 Å². The molecule has 0 unspecified atom stereocenters. The van der Waals surface area contributed by atoms with Crippen molar-refractivity contribution in [2.75, 3.05) is 39.9 Å². The Labute approximate surface area is 508 Å².